The van der Waals surface area contributed by atoms with E-state index in [9.17, 15) is 23.2 Å². The molecule has 0 saturated carbocycles. The van der Waals surface area contributed by atoms with Gasteiger partial charge >= 0.3 is 17.8 Å². The molecule has 2 rings (SSSR count). The number of methoxy groups -OCH3 is 1. The summed E-state index contributed by atoms with van der Waals surface area (Å²) in [5.41, 5.74) is 2.79. The lowest BCUT2D eigenvalue weighted by atomic mass is 10.1. The van der Waals surface area contributed by atoms with Crippen LogP contribution < -0.4 is 15.6 Å². The first-order chi connectivity index (χ1) is 13.7. The van der Waals surface area contributed by atoms with Crippen LogP contribution in [0.1, 0.15) is 26.3 Å². The van der Waals surface area contributed by atoms with E-state index in [1.165, 1.54) is 25.3 Å². The molecule has 2 aromatic carbocycles. The minimum absolute atomic E-state index is 0.0402. The van der Waals surface area contributed by atoms with Gasteiger partial charge in [-0.25, -0.2) is 4.79 Å². The summed E-state index contributed by atoms with van der Waals surface area (Å²) in [6, 6.07) is 9.78. The van der Waals surface area contributed by atoms with Crippen molar-refractivity contribution < 1.29 is 32.6 Å². The smallest absolute Gasteiger partial charge is 0.351 e. The summed E-state index contributed by atoms with van der Waals surface area (Å²) in [6.45, 7) is 0. The summed E-state index contributed by atoms with van der Waals surface area (Å²) in [4.78, 5) is 35.6. The number of benzene rings is 2. The predicted octanol–water partition coefficient (Wildman–Crippen LogP) is 3.17. The molecule has 0 radical (unpaired) electrons. The number of para-hydroxylation sites is 1. The number of esters is 1. The Morgan fingerprint density at radius 2 is 1.62 bits per heavy atom. The molecule has 2 aromatic rings. The van der Waals surface area contributed by atoms with E-state index in [1.807, 2.05) is 5.43 Å². The van der Waals surface area contributed by atoms with Gasteiger partial charge < -0.3 is 9.47 Å². The van der Waals surface area contributed by atoms with Crippen LogP contribution in [-0.4, -0.2) is 29.9 Å². The summed E-state index contributed by atoms with van der Waals surface area (Å²) in [6.07, 6.45) is 0. The Hall–Kier alpha value is -2.91. The van der Waals surface area contributed by atoms with E-state index in [0.717, 1.165) is 24.3 Å². The van der Waals surface area contributed by atoms with Crippen molar-refractivity contribution in [1.29, 1.82) is 0 Å². The van der Waals surface area contributed by atoms with Crippen LogP contribution in [0.2, 0.25) is 0 Å². The van der Waals surface area contributed by atoms with Crippen molar-refractivity contribution in [1.82, 2.24) is 10.9 Å². The number of carbonyl (C=O) groups excluding carboxylic acids is 3. The number of hydrogen-bond acceptors (Lipinski definition) is 5. The molecule has 0 aromatic heterocycles. The quantitative estimate of drug-likeness (QED) is 0.403. The summed E-state index contributed by atoms with van der Waals surface area (Å²) in [5, 5.41) is -1.42. The van der Waals surface area contributed by atoms with Crippen molar-refractivity contribution in [3.63, 3.8) is 0 Å². The molecule has 0 spiro atoms. The monoisotopic (exact) mass is 446 g/mol. The van der Waals surface area contributed by atoms with Crippen molar-refractivity contribution in [3.8, 4) is 5.75 Å². The Morgan fingerprint density at radius 3 is 2.21 bits per heavy atom. The molecule has 0 fully saturated rings. The fourth-order valence-electron chi connectivity index (χ4n) is 2.19. The van der Waals surface area contributed by atoms with Gasteiger partial charge in [-0.15, -0.1) is 0 Å². The van der Waals surface area contributed by atoms with E-state index in [4.69, 9.17) is 27.9 Å². The zero-order valence-corrected chi connectivity index (χ0v) is 16.3. The van der Waals surface area contributed by atoms with E-state index >= 15 is 0 Å². The molecule has 0 aliphatic rings. The molecule has 2 N–H and O–H groups in total. The molecule has 0 heterocycles. The Bertz CT molecular complexity index is 907. The second kappa shape index (κ2) is 9.53. The van der Waals surface area contributed by atoms with Crippen LogP contribution >= 0.6 is 23.2 Å². The number of hydrogen-bond donors (Lipinski definition) is 2. The molecule has 29 heavy (non-hydrogen) atoms. The van der Waals surface area contributed by atoms with Crippen LogP contribution in [0.5, 0.6) is 5.75 Å². The van der Waals surface area contributed by atoms with E-state index < -0.39 is 34.3 Å². The van der Waals surface area contributed by atoms with Crippen molar-refractivity contribution >= 4 is 41.0 Å². The van der Waals surface area contributed by atoms with Gasteiger partial charge in [0.1, 0.15) is 5.75 Å². The minimum atomic E-state index is -4.00. The van der Waals surface area contributed by atoms with Crippen LogP contribution in [0, 0.1) is 0 Å². The van der Waals surface area contributed by atoms with Crippen LogP contribution in [-0.2, 0) is 15.5 Å². The SMILES string of the molecule is COc1ccccc1C(=O)NNC(=O)C(F)(F)c1ccc(C(=O)OC(Cl)Cl)cc1. The third-order valence-electron chi connectivity index (χ3n) is 3.61. The van der Waals surface area contributed by atoms with Crippen LogP contribution in [0.4, 0.5) is 8.78 Å². The van der Waals surface area contributed by atoms with Gasteiger partial charge in [-0.2, -0.15) is 8.78 Å². The largest absolute Gasteiger partial charge is 0.496 e. The number of rotatable bonds is 6. The normalized spacial score (nSPS) is 11.0. The van der Waals surface area contributed by atoms with Gasteiger partial charge in [0.15, 0.2) is 0 Å². The second-order valence-corrected chi connectivity index (χ2v) is 6.44. The van der Waals surface area contributed by atoms with E-state index in [-0.39, 0.29) is 16.9 Å². The van der Waals surface area contributed by atoms with Gasteiger partial charge in [-0.05, 0) is 24.3 Å². The highest BCUT2D eigenvalue weighted by Crippen LogP contribution is 2.28. The molecule has 0 saturated heterocycles. The Kier molecular flexibility index (Phi) is 7.35. The summed E-state index contributed by atoms with van der Waals surface area (Å²) < 4.78 is 38.2. The molecule has 0 aliphatic carbocycles. The lowest BCUT2D eigenvalue weighted by Crippen LogP contribution is -2.48. The van der Waals surface area contributed by atoms with Crippen LogP contribution in [0.3, 0.4) is 0 Å². The number of alkyl halides is 4. The highest BCUT2D eigenvalue weighted by atomic mass is 35.5. The average molecular weight is 447 g/mol. The van der Waals surface area contributed by atoms with E-state index in [1.54, 1.807) is 11.5 Å². The fourth-order valence-corrected chi connectivity index (χ4v) is 2.35. The topological polar surface area (TPSA) is 93.7 Å². The van der Waals surface area contributed by atoms with Crippen LogP contribution in [0.25, 0.3) is 0 Å². The Balaban J connectivity index is 2.06. The minimum Gasteiger partial charge on any atom is -0.496 e. The first kappa shape index (κ1) is 22.4. The molecule has 2 amide bonds. The predicted molar refractivity (Wildman–Crippen MR) is 99.8 cm³/mol. The number of carbonyl (C=O) groups is 3. The highest BCUT2D eigenvalue weighted by Gasteiger charge is 2.41. The standard InChI is InChI=1S/C18H14Cl2F2N2O5/c1-28-13-5-3-2-4-12(13)14(25)23-24-16(27)18(21,22)11-8-6-10(7-9-11)15(26)29-17(19)20/h2-9,17H,1H3,(H,23,25)(H,24,27). The third-order valence-corrected chi connectivity index (χ3v) is 3.78. The number of nitrogens with one attached hydrogen (secondary N) is 2. The lowest BCUT2D eigenvalue weighted by molar-refractivity contribution is -0.147. The van der Waals surface area contributed by atoms with Crippen molar-refractivity contribution in [2.45, 2.75) is 10.9 Å². The molecule has 11 heteroatoms. The average Bonchev–Trinajstić information content (AvgIpc) is 2.71. The molecule has 0 bridgehead atoms. The molecule has 154 valence electrons. The van der Waals surface area contributed by atoms with Gasteiger partial charge in [-0.1, -0.05) is 47.5 Å². The maximum atomic E-state index is 14.3. The van der Waals surface area contributed by atoms with Gasteiger partial charge in [0.05, 0.1) is 18.2 Å². The van der Waals surface area contributed by atoms with Gasteiger partial charge in [-0.3, -0.25) is 20.4 Å². The number of amides is 2. The number of hydrazine groups is 1. The van der Waals surface area contributed by atoms with Crippen LogP contribution in [0.15, 0.2) is 48.5 Å². The van der Waals surface area contributed by atoms with Crippen molar-refractivity contribution in [2.24, 2.45) is 0 Å². The molecule has 7 nitrogen and oxygen atoms in total. The first-order valence-electron chi connectivity index (χ1n) is 7.88. The molecule has 0 atom stereocenters. The summed E-state index contributed by atoms with van der Waals surface area (Å²) >= 11 is 10.6. The number of halogens is 4. The molecular weight excluding hydrogens is 433 g/mol. The zero-order valence-electron chi connectivity index (χ0n) is 14.7. The molecular formula is C18H14Cl2F2N2O5. The maximum Gasteiger partial charge on any atom is 0.351 e. The van der Waals surface area contributed by atoms with Gasteiger partial charge in [0.2, 0.25) is 0 Å². The van der Waals surface area contributed by atoms with Crippen molar-refractivity contribution in [2.75, 3.05) is 7.11 Å². The van der Waals surface area contributed by atoms with E-state index in [0.29, 0.717) is 0 Å². The summed E-state index contributed by atoms with van der Waals surface area (Å²) in [7, 11) is 1.33. The zero-order chi connectivity index (χ0) is 21.6. The first-order valence-corrected chi connectivity index (χ1v) is 8.75. The van der Waals surface area contributed by atoms with Gasteiger partial charge in [0, 0.05) is 5.56 Å². The van der Waals surface area contributed by atoms with Crippen molar-refractivity contribution in [3.05, 3.63) is 65.2 Å². The molecule has 0 unspecified atom stereocenters. The summed E-state index contributed by atoms with van der Waals surface area (Å²) in [5.74, 6) is -7.36. The number of ether oxygens (including phenoxy) is 2. The lowest BCUT2D eigenvalue weighted by Gasteiger charge is -2.17. The Labute approximate surface area is 173 Å². The van der Waals surface area contributed by atoms with Gasteiger partial charge in [0.25, 0.3) is 10.9 Å². The maximum absolute atomic E-state index is 14.3. The molecule has 0 aliphatic heterocycles. The third kappa shape index (κ3) is 5.55. The second-order valence-electron chi connectivity index (χ2n) is 5.43. The van der Waals surface area contributed by atoms with E-state index in [2.05, 4.69) is 4.74 Å². The fraction of sp³-hybridized carbons (Fsp3) is 0.167. The highest BCUT2D eigenvalue weighted by molar-refractivity contribution is 6.43. The Morgan fingerprint density at radius 1 is 1.00 bits per heavy atom.